The number of hydrogen-bond donors (Lipinski definition) is 0. The zero-order valence-electron chi connectivity index (χ0n) is 13.3. The van der Waals surface area contributed by atoms with Gasteiger partial charge in [0.05, 0.1) is 17.9 Å². The van der Waals surface area contributed by atoms with Crippen molar-refractivity contribution in [2.24, 2.45) is 0 Å². The highest BCUT2D eigenvalue weighted by Crippen LogP contribution is 2.28. The molecule has 0 N–H and O–H groups in total. The van der Waals surface area contributed by atoms with E-state index < -0.39 is 0 Å². The fraction of sp³-hybridized carbons (Fsp3) is 0.263. The van der Waals surface area contributed by atoms with Gasteiger partial charge in [0.15, 0.2) is 0 Å². The number of hydrogen-bond acceptors (Lipinski definition) is 3. The number of carbonyl (C=O) groups is 1. The number of nitrogens with zero attached hydrogens (tertiary/aromatic N) is 2. The highest BCUT2D eigenvalue weighted by Gasteiger charge is 2.21. The molecule has 3 rings (SSSR count). The first-order valence-electron chi connectivity index (χ1n) is 7.75. The van der Waals surface area contributed by atoms with E-state index in [9.17, 15) is 10.1 Å². The van der Waals surface area contributed by atoms with Crippen LogP contribution in [0.4, 0.5) is 5.69 Å². The molecule has 4 nitrogen and oxygen atoms in total. The molecule has 5 heteroatoms. The Morgan fingerprint density at radius 3 is 2.88 bits per heavy atom. The minimum absolute atomic E-state index is 0.172. The van der Waals surface area contributed by atoms with E-state index in [1.54, 1.807) is 31.3 Å². The van der Waals surface area contributed by atoms with Gasteiger partial charge in [0.2, 0.25) is 0 Å². The smallest absolute Gasteiger partial charge is 0.258 e. The summed E-state index contributed by atoms with van der Waals surface area (Å²) in [6.07, 6.45) is 0.973. The van der Waals surface area contributed by atoms with Crippen molar-refractivity contribution in [3.63, 3.8) is 0 Å². The Labute approximate surface area is 146 Å². The number of carbonyl (C=O) groups excluding carboxylic acids is 1. The fourth-order valence-corrected chi connectivity index (χ4v) is 3.07. The monoisotopic (exact) mass is 340 g/mol. The summed E-state index contributed by atoms with van der Waals surface area (Å²) in [6.45, 7) is 1.46. The number of benzene rings is 2. The van der Waals surface area contributed by atoms with Crippen LogP contribution in [0.2, 0.25) is 5.02 Å². The highest BCUT2D eigenvalue weighted by atomic mass is 35.5. The maximum atomic E-state index is 12.8. The molecule has 1 fully saturated rings. The van der Waals surface area contributed by atoms with Gasteiger partial charge in [0.25, 0.3) is 5.91 Å². The first kappa shape index (κ1) is 16.5. The Balaban J connectivity index is 1.90. The molecular weight excluding hydrogens is 324 g/mol. The van der Waals surface area contributed by atoms with E-state index >= 15 is 0 Å². The van der Waals surface area contributed by atoms with E-state index in [-0.39, 0.29) is 5.91 Å². The molecule has 1 amide bonds. The second-order valence-electron chi connectivity index (χ2n) is 5.82. The van der Waals surface area contributed by atoms with Gasteiger partial charge in [0.1, 0.15) is 6.07 Å². The average Bonchev–Trinajstić information content (AvgIpc) is 3.15. The van der Waals surface area contributed by atoms with E-state index in [1.165, 1.54) is 4.90 Å². The summed E-state index contributed by atoms with van der Waals surface area (Å²) in [7, 11) is 1.65. The molecule has 24 heavy (non-hydrogen) atoms. The van der Waals surface area contributed by atoms with E-state index in [2.05, 4.69) is 6.07 Å². The number of nitriles is 1. The number of anilines is 1. The Bertz CT molecular complexity index is 807. The molecule has 1 heterocycles. The standard InChI is InChI=1S/C19H17ClN2O2/c1-22(18-10-17(20)6-5-15(18)11-21)19(23)14-4-2-3-13(9-14)16-7-8-24-12-16/h2-6,9-10,16H,7-8,12H2,1H3/t16-/m0/s1. The molecule has 0 saturated carbocycles. The molecule has 0 radical (unpaired) electrons. The van der Waals surface area contributed by atoms with Crippen LogP contribution in [0.25, 0.3) is 0 Å². The van der Waals surface area contributed by atoms with Crippen LogP contribution in [-0.2, 0) is 4.74 Å². The van der Waals surface area contributed by atoms with Gasteiger partial charge >= 0.3 is 0 Å². The summed E-state index contributed by atoms with van der Waals surface area (Å²) in [5.41, 5.74) is 2.62. The van der Waals surface area contributed by atoms with Crippen molar-refractivity contribution in [1.82, 2.24) is 0 Å². The summed E-state index contributed by atoms with van der Waals surface area (Å²) in [5.74, 6) is 0.165. The lowest BCUT2D eigenvalue weighted by molar-refractivity contribution is 0.0993. The molecule has 0 unspecified atom stereocenters. The third-order valence-electron chi connectivity index (χ3n) is 4.28. The molecule has 0 bridgehead atoms. The van der Waals surface area contributed by atoms with Crippen LogP contribution < -0.4 is 4.90 Å². The van der Waals surface area contributed by atoms with Crippen molar-refractivity contribution in [3.8, 4) is 6.07 Å². The van der Waals surface area contributed by atoms with E-state index in [4.69, 9.17) is 16.3 Å². The number of rotatable bonds is 3. The van der Waals surface area contributed by atoms with Crippen molar-refractivity contribution >= 4 is 23.2 Å². The summed E-state index contributed by atoms with van der Waals surface area (Å²) < 4.78 is 5.43. The number of ether oxygens (including phenoxy) is 1. The van der Waals surface area contributed by atoms with Gasteiger partial charge in [-0.25, -0.2) is 0 Å². The normalized spacial score (nSPS) is 16.6. The van der Waals surface area contributed by atoms with Gasteiger partial charge in [-0.1, -0.05) is 23.7 Å². The molecule has 122 valence electrons. The predicted molar refractivity (Wildman–Crippen MR) is 93.5 cm³/mol. The number of halogens is 1. The van der Waals surface area contributed by atoms with Crippen LogP contribution >= 0.6 is 11.6 Å². The summed E-state index contributed by atoms with van der Waals surface area (Å²) in [4.78, 5) is 14.3. The maximum absolute atomic E-state index is 12.8. The SMILES string of the molecule is CN(C(=O)c1cccc([C@H]2CCOC2)c1)c1cc(Cl)ccc1C#N. The van der Waals surface area contributed by atoms with Crippen LogP contribution in [-0.4, -0.2) is 26.2 Å². The van der Waals surface area contributed by atoms with Crippen molar-refractivity contribution < 1.29 is 9.53 Å². The van der Waals surface area contributed by atoms with Crippen molar-refractivity contribution in [2.75, 3.05) is 25.2 Å². The van der Waals surface area contributed by atoms with Crippen LogP contribution in [0.1, 0.15) is 33.8 Å². The molecule has 1 aliphatic heterocycles. The van der Waals surface area contributed by atoms with E-state index in [0.717, 1.165) is 18.6 Å². The highest BCUT2D eigenvalue weighted by molar-refractivity contribution is 6.31. The molecular formula is C19H17ClN2O2. The predicted octanol–water partition coefficient (Wildman–Crippen LogP) is 3.99. The molecule has 2 aromatic carbocycles. The van der Waals surface area contributed by atoms with Crippen LogP contribution in [0.3, 0.4) is 0 Å². The summed E-state index contributed by atoms with van der Waals surface area (Å²) in [5, 5.41) is 9.74. The van der Waals surface area contributed by atoms with Gasteiger partial charge in [0, 0.05) is 30.2 Å². The Morgan fingerprint density at radius 2 is 2.17 bits per heavy atom. The Kier molecular flexibility index (Phi) is 4.84. The average molecular weight is 341 g/mol. The van der Waals surface area contributed by atoms with Crippen LogP contribution in [0, 0.1) is 11.3 Å². The van der Waals surface area contributed by atoms with Gasteiger partial charge in [-0.3, -0.25) is 4.79 Å². The maximum Gasteiger partial charge on any atom is 0.258 e. The van der Waals surface area contributed by atoms with Crippen molar-refractivity contribution in [3.05, 3.63) is 64.2 Å². The minimum Gasteiger partial charge on any atom is -0.381 e. The third kappa shape index (κ3) is 3.28. The molecule has 0 aliphatic carbocycles. The second-order valence-corrected chi connectivity index (χ2v) is 6.26. The largest absolute Gasteiger partial charge is 0.381 e. The Morgan fingerprint density at radius 1 is 1.33 bits per heavy atom. The first-order chi connectivity index (χ1) is 11.6. The van der Waals surface area contributed by atoms with Gasteiger partial charge in [-0.2, -0.15) is 5.26 Å². The fourth-order valence-electron chi connectivity index (χ4n) is 2.90. The zero-order chi connectivity index (χ0) is 17.1. The molecule has 2 aromatic rings. The summed E-state index contributed by atoms with van der Waals surface area (Å²) >= 11 is 6.02. The first-order valence-corrected chi connectivity index (χ1v) is 8.13. The van der Waals surface area contributed by atoms with Crippen molar-refractivity contribution in [2.45, 2.75) is 12.3 Å². The van der Waals surface area contributed by atoms with Gasteiger partial charge in [-0.05, 0) is 42.3 Å². The van der Waals surface area contributed by atoms with Gasteiger partial charge in [-0.15, -0.1) is 0 Å². The van der Waals surface area contributed by atoms with Gasteiger partial charge < -0.3 is 9.64 Å². The third-order valence-corrected chi connectivity index (χ3v) is 4.52. The van der Waals surface area contributed by atoms with E-state index in [0.29, 0.717) is 34.4 Å². The lowest BCUT2D eigenvalue weighted by Gasteiger charge is -2.20. The van der Waals surface area contributed by atoms with Crippen LogP contribution in [0.5, 0.6) is 0 Å². The lowest BCUT2D eigenvalue weighted by atomic mass is 9.96. The molecule has 1 saturated heterocycles. The summed E-state index contributed by atoms with van der Waals surface area (Å²) in [6, 6.07) is 14.6. The molecule has 1 atom stereocenters. The molecule has 0 spiro atoms. The Hall–Kier alpha value is -2.35. The molecule has 1 aliphatic rings. The van der Waals surface area contributed by atoms with E-state index in [1.807, 2.05) is 18.2 Å². The zero-order valence-corrected chi connectivity index (χ0v) is 14.1. The van der Waals surface area contributed by atoms with Crippen molar-refractivity contribution in [1.29, 1.82) is 5.26 Å². The quantitative estimate of drug-likeness (QED) is 0.848. The topological polar surface area (TPSA) is 53.3 Å². The lowest BCUT2D eigenvalue weighted by Crippen LogP contribution is -2.27. The second kappa shape index (κ2) is 7.04. The van der Waals surface area contributed by atoms with Crippen LogP contribution in [0.15, 0.2) is 42.5 Å². The minimum atomic E-state index is -0.172. The number of amides is 1. The molecule has 0 aromatic heterocycles.